The lowest BCUT2D eigenvalue weighted by Gasteiger charge is -2.12. The number of benzene rings is 1. The van der Waals surface area contributed by atoms with E-state index in [0.29, 0.717) is 5.69 Å². The SMILES string of the molecule is Cc1cccn2cc(C[S@@](=O)[C@@H](C)c3c(F)cccc3F)nc12. The van der Waals surface area contributed by atoms with Crippen LogP contribution in [0.1, 0.15) is 29.0 Å². The number of aromatic nitrogens is 2. The minimum atomic E-state index is -1.48. The fraction of sp³-hybridized carbons (Fsp3) is 0.235. The van der Waals surface area contributed by atoms with Gasteiger partial charge in [-0.3, -0.25) is 4.21 Å². The van der Waals surface area contributed by atoms with E-state index in [1.54, 1.807) is 13.1 Å². The molecule has 23 heavy (non-hydrogen) atoms. The standard InChI is InChI=1S/C17H16F2N2OS/c1-11-5-4-8-21-9-13(20-17(11)21)10-23(22)12(2)16-14(18)6-3-7-15(16)19/h3-9,12H,10H2,1-2H3/t12-,23+/m0/s1. The maximum Gasteiger partial charge on any atom is 0.139 e. The number of halogens is 2. The summed E-state index contributed by atoms with van der Waals surface area (Å²) in [5.74, 6) is -1.19. The molecule has 0 bridgehead atoms. The van der Waals surface area contributed by atoms with Gasteiger partial charge in [-0.15, -0.1) is 0 Å². The molecular weight excluding hydrogens is 318 g/mol. The van der Waals surface area contributed by atoms with Crippen LogP contribution in [0.4, 0.5) is 8.78 Å². The van der Waals surface area contributed by atoms with Gasteiger partial charge < -0.3 is 4.40 Å². The van der Waals surface area contributed by atoms with Crippen LogP contribution in [0.2, 0.25) is 0 Å². The monoisotopic (exact) mass is 334 g/mol. The summed E-state index contributed by atoms with van der Waals surface area (Å²) < 4.78 is 42.0. The van der Waals surface area contributed by atoms with Crippen LogP contribution in [0.25, 0.3) is 5.65 Å². The van der Waals surface area contributed by atoms with Crippen LogP contribution in [0.15, 0.2) is 42.7 Å². The van der Waals surface area contributed by atoms with Crippen LogP contribution in [0, 0.1) is 18.6 Å². The summed E-state index contributed by atoms with van der Waals surface area (Å²) in [4.78, 5) is 4.46. The molecule has 0 saturated carbocycles. The molecule has 0 fully saturated rings. The molecule has 0 N–H and O–H groups in total. The first-order chi connectivity index (χ1) is 11.0. The van der Waals surface area contributed by atoms with Gasteiger partial charge in [-0.1, -0.05) is 12.1 Å². The number of hydrogen-bond donors (Lipinski definition) is 0. The minimum Gasteiger partial charge on any atom is -0.307 e. The topological polar surface area (TPSA) is 34.4 Å². The Morgan fingerprint density at radius 3 is 2.57 bits per heavy atom. The first-order valence-electron chi connectivity index (χ1n) is 7.21. The average Bonchev–Trinajstić information content (AvgIpc) is 2.91. The number of aryl methyl sites for hydroxylation is 1. The van der Waals surface area contributed by atoms with E-state index in [1.807, 2.05) is 29.7 Å². The van der Waals surface area contributed by atoms with Gasteiger partial charge >= 0.3 is 0 Å². The second kappa shape index (κ2) is 6.20. The van der Waals surface area contributed by atoms with Crippen LogP contribution in [-0.2, 0) is 16.6 Å². The van der Waals surface area contributed by atoms with E-state index in [2.05, 4.69) is 4.98 Å². The third-order valence-electron chi connectivity index (χ3n) is 3.82. The van der Waals surface area contributed by atoms with Gasteiger partial charge in [0.1, 0.15) is 17.3 Å². The lowest BCUT2D eigenvalue weighted by atomic mass is 10.1. The Balaban J connectivity index is 1.87. The van der Waals surface area contributed by atoms with Crippen molar-refractivity contribution in [1.29, 1.82) is 0 Å². The molecule has 2 aromatic heterocycles. The molecule has 0 aliphatic rings. The molecule has 6 heteroatoms. The molecule has 0 aliphatic heterocycles. The van der Waals surface area contributed by atoms with Crippen molar-refractivity contribution in [1.82, 2.24) is 9.38 Å². The Hall–Kier alpha value is -2.08. The Labute approximate surface area is 135 Å². The van der Waals surface area contributed by atoms with E-state index in [-0.39, 0.29) is 11.3 Å². The van der Waals surface area contributed by atoms with Gasteiger partial charge in [-0.05, 0) is 37.6 Å². The molecule has 1 aromatic carbocycles. The molecule has 0 amide bonds. The van der Waals surface area contributed by atoms with Crippen molar-refractivity contribution < 1.29 is 13.0 Å². The smallest absolute Gasteiger partial charge is 0.139 e. The maximum absolute atomic E-state index is 13.8. The van der Waals surface area contributed by atoms with E-state index >= 15 is 0 Å². The van der Waals surface area contributed by atoms with Crippen LogP contribution in [0.3, 0.4) is 0 Å². The molecule has 3 rings (SSSR count). The Kier molecular flexibility index (Phi) is 4.26. The normalized spacial score (nSPS) is 14.1. The van der Waals surface area contributed by atoms with Gasteiger partial charge in [0, 0.05) is 28.8 Å². The van der Waals surface area contributed by atoms with Gasteiger partial charge in [0.25, 0.3) is 0 Å². The molecule has 0 spiro atoms. The van der Waals surface area contributed by atoms with Crippen LogP contribution in [-0.4, -0.2) is 13.6 Å². The quantitative estimate of drug-likeness (QED) is 0.724. The second-order valence-corrected chi connectivity index (χ2v) is 7.21. The fourth-order valence-corrected chi connectivity index (χ4v) is 3.74. The van der Waals surface area contributed by atoms with Crippen molar-refractivity contribution in [2.24, 2.45) is 0 Å². The molecule has 2 heterocycles. The molecule has 3 aromatic rings. The zero-order valence-electron chi connectivity index (χ0n) is 12.8. The Morgan fingerprint density at radius 2 is 1.91 bits per heavy atom. The van der Waals surface area contributed by atoms with Crippen molar-refractivity contribution in [2.75, 3.05) is 0 Å². The van der Waals surface area contributed by atoms with Gasteiger partial charge in [0.05, 0.1) is 16.7 Å². The average molecular weight is 334 g/mol. The van der Waals surface area contributed by atoms with E-state index in [9.17, 15) is 13.0 Å². The van der Waals surface area contributed by atoms with Crippen molar-refractivity contribution in [2.45, 2.75) is 24.9 Å². The van der Waals surface area contributed by atoms with Gasteiger partial charge in [0.2, 0.25) is 0 Å². The lowest BCUT2D eigenvalue weighted by molar-refractivity contribution is 0.553. The summed E-state index contributed by atoms with van der Waals surface area (Å²) >= 11 is 0. The van der Waals surface area contributed by atoms with Crippen molar-refractivity contribution in [3.8, 4) is 0 Å². The van der Waals surface area contributed by atoms with E-state index in [1.165, 1.54) is 18.2 Å². The minimum absolute atomic E-state index is 0.134. The van der Waals surface area contributed by atoms with E-state index in [4.69, 9.17) is 0 Å². The third-order valence-corrected chi connectivity index (χ3v) is 5.42. The van der Waals surface area contributed by atoms with Crippen LogP contribution >= 0.6 is 0 Å². The summed E-state index contributed by atoms with van der Waals surface area (Å²) in [6, 6.07) is 7.51. The highest BCUT2D eigenvalue weighted by Crippen LogP contribution is 2.27. The Bertz CT molecular complexity index is 871. The maximum atomic E-state index is 13.8. The number of hydrogen-bond acceptors (Lipinski definition) is 2. The third kappa shape index (κ3) is 3.03. The lowest BCUT2D eigenvalue weighted by Crippen LogP contribution is -2.09. The van der Waals surface area contributed by atoms with E-state index < -0.39 is 27.7 Å². The molecule has 3 nitrogen and oxygen atoms in total. The van der Waals surface area contributed by atoms with Gasteiger partial charge in [-0.25, -0.2) is 13.8 Å². The van der Waals surface area contributed by atoms with Crippen molar-refractivity contribution in [3.05, 3.63) is 71.2 Å². The highest BCUT2D eigenvalue weighted by molar-refractivity contribution is 7.84. The second-order valence-electron chi connectivity index (χ2n) is 5.46. The van der Waals surface area contributed by atoms with Gasteiger partial charge in [0.15, 0.2) is 0 Å². The number of fused-ring (bicyclic) bond motifs is 1. The predicted octanol–water partition coefficient (Wildman–Crippen LogP) is 3.93. The summed E-state index contributed by atoms with van der Waals surface area (Å²) in [7, 11) is -1.48. The first-order valence-corrected chi connectivity index (χ1v) is 8.60. The van der Waals surface area contributed by atoms with E-state index in [0.717, 1.165) is 11.2 Å². The highest BCUT2D eigenvalue weighted by atomic mass is 32.2. The summed E-state index contributed by atoms with van der Waals surface area (Å²) in [6.07, 6.45) is 3.66. The first kappa shape index (κ1) is 15.8. The van der Waals surface area contributed by atoms with Crippen LogP contribution < -0.4 is 0 Å². The van der Waals surface area contributed by atoms with Crippen molar-refractivity contribution >= 4 is 16.4 Å². The summed E-state index contributed by atoms with van der Waals surface area (Å²) in [6.45, 7) is 3.51. The molecular formula is C17H16F2N2OS. The number of imidazole rings is 1. The molecule has 0 saturated heterocycles. The molecule has 0 aliphatic carbocycles. The molecule has 120 valence electrons. The largest absolute Gasteiger partial charge is 0.307 e. The van der Waals surface area contributed by atoms with Crippen LogP contribution in [0.5, 0.6) is 0 Å². The molecule has 0 radical (unpaired) electrons. The fourth-order valence-electron chi connectivity index (χ4n) is 2.58. The molecule has 2 atom stereocenters. The number of rotatable bonds is 4. The summed E-state index contributed by atoms with van der Waals surface area (Å²) in [5.41, 5.74) is 2.31. The number of pyridine rings is 1. The predicted molar refractivity (Wildman–Crippen MR) is 86.5 cm³/mol. The zero-order valence-corrected chi connectivity index (χ0v) is 13.6. The highest BCUT2D eigenvalue weighted by Gasteiger charge is 2.22. The number of nitrogens with zero attached hydrogens (tertiary/aromatic N) is 2. The zero-order chi connectivity index (χ0) is 16.6. The van der Waals surface area contributed by atoms with Crippen molar-refractivity contribution in [3.63, 3.8) is 0 Å². The van der Waals surface area contributed by atoms with Gasteiger partial charge in [-0.2, -0.15) is 0 Å². The molecule has 0 unspecified atom stereocenters. The summed E-state index contributed by atoms with van der Waals surface area (Å²) in [5, 5.41) is -0.748. The Morgan fingerprint density at radius 1 is 1.22 bits per heavy atom.